The first-order chi connectivity index (χ1) is 5.77. The molecule has 0 spiro atoms. The molecule has 0 aliphatic rings. The molecule has 0 fully saturated rings. The van der Waals surface area contributed by atoms with Gasteiger partial charge in [0.05, 0.1) is 0 Å². The van der Waals surface area contributed by atoms with Crippen molar-refractivity contribution in [3.05, 3.63) is 29.6 Å². The molecule has 1 nitrogen and oxygen atoms in total. The van der Waals surface area contributed by atoms with E-state index in [9.17, 15) is 4.39 Å². The summed E-state index contributed by atoms with van der Waals surface area (Å²) in [6.45, 7) is 0.0675. The molecule has 0 bridgehead atoms. The van der Waals surface area contributed by atoms with E-state index < -0.39 is 0 Å². The van der Waals surface area contributed by atoms with Gasteiger partial charge in [0.15, 0.2) is 0 Å². The second-order valence-electron chi connectivity index (χ2n) is 2.44. The van der Waals surface area contributed by atoms with Crippen LogP contribution in [0.1, 0.15) is 5.56 Å². The number of benzene rings is 1. The van der Waals surface area contributed by atoms with Crippen molar-refractivity contribution >= 4 is 11.8 Å². The predicted molar refractivity (Wildman–Crippen MR) is 49.0 cm³/mol. The summed E-state index contributed by atoms with van der Waals surface area (Å²) in [4.78, 5) is 0.650. The Kier molecular flexibility index (Phi) is 3.56. The first-order valence-corrected chi connectivity index (χ1v) is 4.93. The van der Waals surface area contributed by atoms with Gasteiger partial charge in [0.2, 0.25) is 0 Å². The van der Waals surface area contributed by atoms with Gasteiger partial charge in [0, 0.05) is 11.5 Å². The maximum atomic E-state index is 13.1. The lowest BCUT2D eigenvalue weighted by Gasteiger charge is -2.01. The Morgan fingerprint density at radius 1 is 1.50 bits per heavy atom. The largest absolute Gasteiger partial charge is 0.396 e. The Labute approximate surface area is 75.6 Å². The van der Waals surface area contributed by atoms with E-state index in [4.69, 9.17) is 5.11 Å². The van der Waals surface area contributed by atoms with Crippen molar-refractivity contribution in [1.29, 1.82) is 0 Å². The van der Waals surface area contributed by atoms with Gasteiger partial charge >= 0.3 is 0 Å². The Morgan fingerprint density at radius 2 is 2.25 bits per heavy atom. The molecule has 66 valence electrons. The van der Waals surface area contributed by atoms with Crippen LogP contribution in [0.25, 0.3) is 0 Å². The van der Waals surface area contributed by atoms with Crippen LogP contribution in [0.4, 0.5) is 4.39 Å². The fraction of sp³-hybridized carbons (Fsp3) is 0.333. The standard InChI is InChI=1S/C9H11FOS/c1-12-9-3-2-7(4-5-11)6-8(9)10/h2-3,6,11H,4-5H2,1H3. The lowest BCUT2D eigenvalue weighted by Crippen LogP contribution is -1.92. The van der Waals surface area contributed by atoms with Crippen LogP contribution < -0.4 is 0 Å². The highest BCUT2D eigenvalue weighted by Gasteiger charge is 2.01. The first kappa shape index (κ1) is 9.55. The van der Waals surface area contributed by atoms with E-state index in [0.29, 0.717) is 11.3 Å². The van der Waals surface area contributed by atoms with Crippen molar-refractivity contribution in [2.75, 3.05) is 12.9 Å². The van der Waals surface area contributed by atoms with Gasteiger partial charge in [0.1, 0.15) is 5.82 Å². The van der Waals surface area contributed by atoms with Gasteiger partial charge in [-0.2, -0.15) is 0 Å². The quantitative estimate of drug-likeness (QED) is 0.729. The van der Waals surface area contributed by atoms with Crippen molar-refractivity contribution in [2.24, 2.45) is 0 Å². The van der Waals surface area contributed by atoms with Crippen molar-refractivity contribution < 1.29 is 9.50 Å². The number of hydrogen-bond acceptors (Lipinski definition) is 2. The summed E-state index contributed by atoms with van der Waals surface area (Å²) in [6.07, 6.45) is 2.36. The summed E-state index contributed by atoms with van der Waals surface area (Å²) in [6, 6.07) is 5.05. The Balaban J connectivity index is 2.86. The minimum Gasteiger partial charge on any atom is -0.396 e. The minimum atomic E-state index is -0.201. The fourth-order valence-electron chi connectivity index (χ4n) is 0.994. The van der Waals surface area contributed by atoms with Gasteiger partial charge < -0.3 is 5.11 Å². The number of hydrogen-bond donors (Lipinski definition) is 1. The smallest absolute Gasteiger partial charge is 0.137 e. The second-order valence-corrected chi connectivity index (χ2v) is 3.29. The zero-order valence-corrected chi connectivity index (χ0v) is 7.70. The van der Waals surface area contributed by atoms with Crippen LogP contribution in [0.3, 0.4) is 0 Å². The third-order valence-electron chi connectivity index (χ3n) is 1.62. The van der Waals surface area contributed by atoms with Crippen molar-refractivity contribution in [2.45, 2.75) is 11.3 Å². The number of aliphatic hydroxyl groups excluding tert-OH is 1. The van der Waals surface area contributed by atoms with Gasteiger partial charge in [-0.25, -0.2) is 4.39 Å². The van der Waals surface area contributed by atoms with E-state index >= 15 is 0 Å². The highest BCUT2D eigenvalue weighted by molar-refractivity contribution is 7.98. The van der Waals surface area contributed by atoms with Crippen LogP contribution in [-0.2, 0) is 6.42 Å². The van der Waals surface area contributed by atoms with Crippen molar-refractivity contribution in [3.8, 4) is 0 Å². The Morgan fingerprint density at radius 3 is 2.75 bits per heavy atom. The molecule has 0 saturated heterocycles. The highest BCUT2D eigenvalue weighted by atomic mass is 32.2. The summed E-state index contributed by atoms with van der Waals surface area (Å²) >= 11 is 1.38. The number of rotatable bonds is 3. The van der Waals surface area contributed by atoms with Gasteiger partial charge in [-0.3, -0.25) is 0 Å². The molecule has 0 heterocycles. The summed E-state index contributed by atoms with van der Waals surface area (Å²) < 4.78 is 13.1. The van der Waals surface area contributed by atoms with Crippen LogP contribution in [0.5, 0.6) is 0 Å². The van der Waals surface area contributed by atoms with Crippen LogP contribution >= 0.6 is 11.8 Å². The molecule has 0 aliphatic heterocycles. The Bertz CT molecular complexity index is 263. The molecule has 0 aliphatic carbocycles. The number of halogens is 1. The molecule has 0 unspecified atom stereocenters. The van der Waals surface area contributed by atoms with Crippen LogP contribution in [0.15, 0.2) is 23.1 Å². The number of aliphatic hydroxyl groups is 1. The summed E-state index contributed by atoms with van der Waals surface area (Å²) in [7, 11) is 0. The molecular weight excluding hydrogens is 175 g/mol. The summed E-state index contributed by atoms with van der Waals surface area (Å²) in [5.74, 6) is -0.201. The summed E-state index contributed by atoms with van der Waals surface area (Å²) in [5, 5.41) is 8.61. The van der Waals surface area contributed by atoms with Crippen molar-refractivity contribution in [1.82, 2.24) is 0 Å². The monoisotopic (exact) mass is 186 g/mol. The van der Waals surface area contributed by atoms with E-state index in [1.54, 1.807) is 6.07 Å². The zero-order valence-electron chi connectivity index (χ0n) is 6.88. The molecule has 0 saturated carbocycles. The molecule has 1 N–H and O–H groups in total. The predicted octanol–water partition coefficient (Wildman–Crippen LogP) is 2.08. The van der Waals surface area contributed by atoms with E-state index in [1.165, 1.54) is 17.8 Å². The molecule has 0 aromatic heterocycles. The molecule has 0 amide bonds. The Hall–Kier alpha value is -0.540. The molecule has 0 atom stereocenters. The van der Waals surface area contributed by atoms with E-state index in [1.807, 2.05) is 12.3 Å². The molecule has 1 aromatic rings. The first-order valence-electron chi connectivity index (χ1n) is 3.71. The molecule has 1 rings (SSSR count). The molecule has 1 aromatic carbocycles. The zero-order chi connectivity index (χ0) is 8.97. The van der Waals surface area contributed by atoms with Gasteiger partial charge in [0.25, 0.3) is 0 Å². The second kappa shape index (κ2) is 4.48. The van der Waals surface area contributed by atoms with E-state index in [-0.39, 0.29) is 12.4 Å². The molecular formula is C9H11FOS. The number of thioether (sulfide) groups is 1. The van der Waals surface area contributed by atoms with E-state index in [2.05, 4.69) is 0 Å². The van der Waals surface area contributed by atoms with E-state index in [0.717, 1.165) is 5.56 Å². The lowest BCUT2D eigenvalue weighted by molar-refractivity contribution is 0.299. The minimum absolute atomic E-state index is 0.0675. The molecule has 12 heavy (non-hydrogen) atoms. The van der Waals surface area contributed by atoms with Gasteiger partial charge in [-0.1, -0.05) is 6.07 Å². The SMILES string of the molecule is CSc1ccc(CCO)cc1F. The van der Waals surface area contributed by atoms with Crippen LogP contribution in [0, 0.1) is 5.82 Å². The van der Waals surface area contributed by atoms with Crippen LogP contribution in [0.2, 0.25) is 0 Å². The maximum Gasteiger partial charge on any atom is 0.137 e. The topological polar surface area (TPSA) is 20.2 Å². The summed E-state index contributed by atoms with van der Waals surface area (Å²) in [5.41, 5.74) is 0.841. The molecule has 0 radical (unpaired) electrons. The van der Waals surface area contributed by atoms with Gasteiger partial charge in [-0.15, -0.1) is 11.8 Å². The lowest BCUT2D eigenvalue weighted by atomic mass is 10.1. The third kappa shape index (κ3) is 2.22. The maximum absolute atomic E-state index is 13.1. The van der Waals surface area contributed by atoms with Gasteiger partial charge in [-0.05, 0) is 30.4 Å². The van der Waals surface area contributed by atoms with Crippen molar-refractivity contribution in [3.63, 3.8) is 0 Å². The normalized spacial score (nSPS) is 10.2. The third-order valence-corrected chi connectivity index (χ3v) is 2.39. The average molecular weight is 186 g/mol. The highest BCUT2D eigenvalue weighted by Crippen LogP contribution is 2.19. The average Bonchev–Trinajstić information content (AvgIpc) is 2.05. The molecule has 3 heteroatoms. The van der Waals surface area contributed by atoms with Crippen LogP contribution in [-0.4, -0.2) is 18.0 Å². The fourth-order valence-corrected chi connectivity index (χ4v) is 1.45.